The van der Waals surface area contributed by atoms with E-state index in [0.29, 0.717) is 5.56 Å². The van der Waals surface area contributed by atoms with Crippen molar-refractivity contribution >= 4 is 12.0 Å². The molecule has 0 aliphatic rings. The lowest BCUT2D eigenvalue weighted by Crippen LogP contribution is -2.47. The number of nitrogens with zero attached hydrogens (tertiary/aromatic N) is 1. The highest BCUT2D eigenvalue weighted by Crippen LogP contribution is 2.27. The summed E-state index contributed by atoms with van der Waals surface area (Å²) >= 11 is 0. The lowest BCUT2D eigenvalue weighted by atomic mass is 10.0. The van der Waals surface area contributed by atoms with Crippen molar-refractivity contribution in [2.75, 3.05) is 0 Å². The molecule has 108 valence electrons. The largest absolute Gasteiger partial charge is 0.508 e. The summed E-state index contributed by atoms with van der Waals surface area (Å²) < 4.78 is 5.47. The van der Waals surface area contributed by atoms with E-state index in [1.165, 1.54) is 18.2 Å². The normalized spacial score (nSPS) is 14.2. The fraction of sp³-hybridized carbons (Fsp3) is 0.429. The van der Waals surface area contributed by atoms with Gasteiger partial charge in [-0.15, -0.1) is 0 Å². The number of phenols is 1. The topological polar surface area (TPSA) is 96.2 Å². The summed E-state index contributed by atoms with van der Waals surface area (Å²) in [5.41, 5.74) is -2.28. The van der Waals surface area contributed by atoms with Gasteiger partial charge in [-0.2, -0.15) is 4.99 Å². The van der Waals surface area contributed by atoms with Gasteiger partial charge >= 0.3 is 5.97 Å². The van der Waals surface area contributed by atoms with Gasteiger partial charge in [-0.25, -0.2) is 9.59 Å². The van der Waals surface area contributed by atoms with E-state index in [9.17, 15) is 19.8 Å². The fourth-order valence-corrected chi connectivity index (χ4v) is 1.74. The minimum absolute atomic E-state index is 0.0605. The Labute approximate surface area is 116 Å². The molecule has 0 spiro atoms. The van der Waals surface area contributed by atoms with E-state index in [1.807, 2.05) is 0 Å². The molecule has 0 aromatic heterocycles. The van der Waals surface area contributed by atoms with Crippen LogP contribution in [0.25, 0.3) is 0 Å². The van der Waals surface area contributed by atoms with Gasteiger partial charge in [0.1, 0.15) is 5.75 Å². The zero-order valence-electron chi connectivity index (χ0n) is 11.6. The van der Waals surface area contributed by atoms with Gasteiger partial charge in [-0.3, -0.25) is 0 Å². The molecule has 1 aromatic carbocycles. The molecular weight excluding hydrogens is 262 g/mol. The number of aliphatic carboxylic acids is 1. The van der Waals surface area contributed by atoms with Crippen LogP contribution in [0, 0.1) is 0 Å². The minimum atomic E-state index is -2.03. The van der Waals surface area contributed by atoms with Crippen LogP contribution in [-0.2, 0) is 20.7 Å². The predicted molar refractivity (Wildman–Crippen MR) is 71.1 cm³/mol. The van der Waals surface area contributed by atoms with E-state index in [0.717, 1.165) is 0 Å². The highest BCUT2D eigenvalue weighted by Gasteiger charge is 2.43. The second-order valence-corrected chi connectivity index (χ2v) is 5.35. The lowest BCUT2D eigenvalue weighted by molar-refractivity contribution is -0.182. The second-order valence-electron chi connectivity index (χ2n) is 5.35. The number of ether oxygens (including phenoxy) is 1. The molecule has 1 atom stereocenters. The first-order valence-corrected chi connectivity index (χ1v) is 5.99. The molecule has 6 nitrogen and oxygen atoms in total. The van der Waals surface area contributed by atoms with Crippen LogP contribution in [0.3, 0.4) is 0 Å². The Hall–Kier alpha value is -2.17. The van der Waals surface area contributed by atoms with Crippen molar-refractivity contribution in [1.82, 2.24) is 0 Å². The quantitative estimate of drug-likeness (QED) is 0.633. The maximum atomic E-state index is 11.5. The van der Waals surface area contributed by atoms with Crippen molar-refractivity contribution in [2.24, 2.45) is 4.99 Å². The van der Waals surface area contributed by atoms with Gasteiger partial charge in [0.15, 0.2) is 0 Å². The average molecular weight is 279 g/mol. The van der Waals surface area contributed by atoms with Crippen molar-refractivity contribution in [3.05, 3.63) is 29.8 Å². The van der Waals surface area contributed by atoms with Crippen LogP contribution in [0.1, 0.15) is 26.3 Å². The Bertz CT molecular complexity index is 521. The number of benzene rings is 1. The van der Waals surface area contributed by atoms with Gasteiger partial charge in [0.05, 0.1) is 5.60 Å². The van der Waals surface area contributed by atoms with Crippen molar-refractivity contribution in [1.29, 1.82) is 0 Å². The van der Waals surface area contributed by atoms with Crippen molar-refractivity contribution in [2.45, 2.75) is 38.5 Å². The number of carboxylic acids is 1. The summed E-state index contributed by atoms with van der Waals surface area (Å²) in [5.74, 6) is -1.31. The molecule has 0 unspecified atom stereocenters. The molecular formula is C14H17NO5. The molecule has 6 heteroatoms. The summed E-state index contributed by atoms with van der Waals surface area (Å²) in [5, 5.41) is 18.6. The summed E-state index contributed by atoms with van der Waals surface area (Å²) in [6, 6.07) is 5.92. The minimum Gasteiger partial charge on any atom is -0.508 e. The van der Waals surface area contributed by atoms with E-state index in [4.69, 9.17) is 4.74 Å². The van der Waals surface area contributed by atoms with E-state index >= 15 is 0 Å². The molecule has 2 N–H and O–H groups in total. The standard InChI is InChI=1S/C14H17NO5/c1-13(2,3)20-14(12(18)19,15-9-16)8-10-4-6-11(17)7-5-10/h4-7,17H,8H2,1-3H3,(H,18,19)/t14-/m1/s1. The third kappa shape index (κ3) is 4.19. The number of carbonyl (C=O) groups is 1. The summed E-state index contributed by atoms with van der Waals surface area (Å²) in [6.45, 7) is 5.01. The molecule has 0 heterocycles. The van der Waals surface area contributed by atoms with Crippen LogP contribution >= 0.6 is 0 Å². The highest BCUT2D eigenvalue weighted by atomic mass is 16.6. The van der Waals surface area contributed by atoms with Gasteiger partial charge in [0.25, 0.3) is 5.72 Å². The molecule has 0 fully saturated rings. The molecule has 0 bridgehead atoms. The monoisotopic (exact) mass is 279 g/mol. The van der Waals surface area contributed by atoms with Crippen LogP contribution in [0.5, 0.6) is 5.75 Å². The van der Waals surface area contributed by atoms with E-state index < -0.39 is 17.3 Å². The first kappa shape index (κ1) is 15.9. The smallest absolute Gasteiger partial charge is 0.360 e. The van der Waals surface area contributed by atoms with Gasteiger partial charge in [0, 0.05) is 6.42 Å². The van der Waals surface area contributed by atoms with E-state index in [-0.39, 0.29) is 12.2 Å². The van der Waals surface area contributed by atoms with E-state index in [1.54, 1.807) is 32.9 Å². The van der Waals surface area contributed by atoms with Crippen molar-refractivity contribution in [3.63, 3.8) is 0 Å². The SMILES string of the molecule is CC(C)(C)O[C@@](Cc1ccc(O)cc1)(N=C=O)C(=O)O. The highest BCUT2D eigenvalue weighted by molar-refractivity contribution is 5.78. The molecule has 0 radical (unpaired) electrons. The third-order valence-corrected chi connectivity index (χ3v) is 2.42. The zero-order valence-corrected chi connectivity index (χ0v) is 11.6. The number of hydrogen-bond donors (Lipinski definition) is 2. The average Bonchev–Trinajstić information content (AvgIpc) is 2.30. The van der Waals surface area contributed by atoms with Gasteiger partial charge < -0.3 is 14.9 Å². The summed E-state index contributed by atoms with van der Waals surface area (Å²) in [7, 11) is 0. The molecule has 1 rings (SSSR count). The molecule has 0 aliphatic heterocycles. The third-order valence-electron chi connectivity index (χ3n) is 2.42. The molecule has 0 saturated carbocycles. The van der Waals surface area contributed by atoms with Gasteiger partial charge in [-0.1, -0.05) is 12.1 Å². The Balaban J connectivity index is 3.18. The summed E-state index contributed by atoms with van der Waals surface area (Å²) in [4.78, 5) is 25.5. The molecule has 0 saturated heterocycles. The molecule has 0 aliphatic carbocycles. The number of phenolic OH excluding ortho intramolecular Hbond substituents is 1. The van der Waals surface area contributed by atoms with Gasteiger partial charge in [0.2, 0.25) is 6.08 Å². The van der Waals surface area contributed by atoms with Crippen LogP contribution in [0.2, 0.25) is 0 Å². The fourth-order valence-electron chi connectivity index (χ4n) is 1.74. The zero-order chi connectivity index (χ0) is 15.4. The van der Waals surface area contributed by atoms with Crippen LogP contribution < -0.4 is 0 Å². The Morgan fingerprint density at radius 2 is 1.85 bits per heavy atom. The number of rotatable bonds is 5. The first-order chi connectivity index (χ1) is 9.18. The van der Waals surface area contributed by atoms with Crippen LogP contribution in [0.4, 0.5) is 0 Å². The Kier molecular flexibility index (Phi) is 4.65. The molecule has 0 amide bonds. The predicted octanol–water partition coefficient (Wildman–Crippen LogP) is 1.87. The summed E-state index contributed by atoms with van der Waals surface area (Å²) in [6.07, 6.45) is 1.12. The lowest BCUT2D eigenvalue weighted by Gasteiger charge is -2.32. The number of carbonyl (C=O) groups excluding carboxylic acids is 1. The maximum Gasteiger partial charge on any atom is 0.360 e. The van der Waals surface area contributed by atoms with Crippen LogP contribution in [-0.4, -0.2) is 33.6 Å². The number of aliphatic imine (C=N–C) groups is 1. The molecule has 1 aromatic rings. The van der Waals surface area contributed by atoms with Crippen LogP contribution in [0.15, 0.2) is 29.3 Å². The molecule has 20 heavy (non-hydrogen) atoms. The van der Waals surface area contributed by atoms with E-state index in [2.05, 4.69) is 4.99 Å². The van der Waals surface area contributed by atoms with Gasteiger partial charge in [-0.05, 0) is 38.5 Å². The number of aromatic hydroxyl groups is 1. The Morgan fingerprint density at radius 1 is 1.30 bits per heavy atom. The van der Waals surface area contributed by atoms with Crippen molar-refractivity contribution < 1.29 is 24.5 Å². The number of isocyanates is 1. The Morgan fingerprint density at radius 3 is 2.25 bits per heavy atom. The second kappa shape index (κ2) is 5.86. The first-order valence-electron chi connectivity index (χ1n) is 5.99. The van der Waals surface area contributed by atoms with Crippen molar-refractivity contribution in [3.8, 4) is 5.75 Å². The maximum absolute atomic E-state index is 11.5. The number of carboxylic acid groups (broad SMARTS) is 1. The number of hydrogen-bond acceptors (Lipinski definition) is 5.